The second-order valence-electron chi connectivity index (χ2n) is 5.20. The van der Waals surface area contributed by atoms with E-state index in [1.54, 1.807) is 0 Å². The molecule has 0 heterocycles. The Kier molecular flexibility index (Phi) is 3.99. The Labute approximate surface area is 103 Å². The maximum Gasteiger partial charge on any atom is 0.315 e. The molecule has 0 saturated carbocycles. The molecule has 1 aromatic rings. The summed E-state index contributed by atoms with van der Waals surface area (Å²) in [5.41, 5.74) is 7.23. The summed E-state index contributed by atoms with van der Waals surface area (Å²) >= 11 is 0. The Morgan fingerprint density at radius 2 is 1.88 bits per heavy atom. The van der Waals surface area contributed by atoms with E-state index >= 15 is 0 Å². The molecule has 4 nitrogen and oxygen atoms in total. The molecule has 0 fully saturated rings. The third-order valence-electron chi connectivity index (χ3n) is 2.30. The Morgan fingerprint density at radius 3 is 2.41 bits per heavy atom. The van der Waals surface area contributed by atoms with Gasteiger partial charge in [-0.3, -0.25) is 0 Å². The van der Waals surface area contributed by atoms with E-state index in [-0.39, 0.29) is 17.6 Å². The lowest BCUT2D eigenvalue weighted by molar-refractivity contribution is 0.229. The zero-order chi connectivity index (χ0) is 13.1. The van der Waals surface area contributed by atoms with E-state index in [0.717, 1.165) is 5.56 Å². The lowest BCUT2D eigenvalue weighted by atomic mass is 10.1. The van der Waals surface area contributed by atoms with Gasteiger partial charge in [-0.25, -0.2) is 4.79 Å². The van der Waals surface area contributed by atoms with Gasteiger partial charge in [-0.2, -0.15) is 0 Å². The number of carbonyl (C=O) groups excluding carboxylic acids is 1. The van der Waals surface area contributed by atoms with Gasteiger partial charge in [-0.1, -0.05) is 18.2 Å². The third kappa shape index (κ3) is 4.34. The number of nitrogen functional groups attached to an aromatic ring is 1. The van der Waals surface area contributed by atoms with Crippen LogP contribution < -0.4 is 16.4 Å². The van der Waals surface area contributed by atoms with E-state index < -0.39 is 0 Å². The van der Waals surface area contributed by atoms with Crippen molar-refractivity contribution in [3.8, 4) is 0 Å². The second kappa shape index (κ2) is 5.08. The fraction of sp³-hybridized carbons (Fsp3) is 0.462. The van der Waals surface area contributed by atoms with Crippen molar-refractivity contribution in [2.45, 2.75) is 39.3 Å². The number of amides is 2. The Hall–Kier alpha value is -1.71. The van der Waals surface area contributed by atoms with Crippen LogP contribution in [0.4, 0.5) is 10.5 Å². The number of benzene rings is 1. The van der Waals surface area contributed by atoms with Gasteiger partial charge in [0.1, 0.15) is 0 Å². The van der Waals surface area contributed by atoms with E-state index in [0.29, 0.717) is 5.69 Å². The minimum absolute atomic E-state index is 0.112. The Morgan fingerprint density at radius 1 is 1.29 bits per heavy atom. The van der Waals surface area contributed by atoms with Gasteiger partial charge in [0.25, 0.3) is 0 Å². The molecule has 4 heteroatoms. The van der Waals surface area contributed by atoms with Gasteiger partial charge in [0.2, 0.25) is 0 Å². The number of carbonyl (C=O) groups is 1. The molecule has 94 valence electrons. The van der Waals surface area contributed by atoms with E-state index in [1.807, 2.05) is 52.0 Å². The van der Waals surface area contributed by atoms with Crippen LogP contribution in [-0.4, -0.2) is 11.6 Å². The number of urea groups is 1. The van der Waals surface area contributed by atoms with Crippen LogP contribution in [0, 0.1) is 0 Å². The molecule has 4 N–H and O–H groups in total. The van der Waals surface area contributed by atoms with Crippen molar-refractivity contribution in [2.75, 3.05) is 5.73 Å². The highest BCUT2D eigenvalue weighted by atomic mass is 16.2. The molecule has 0 radical (unpaired) electrons. The number of nitrogens with one attached hydrogen (secondary N) is 2. The fourth-order valence-electron chi connectivity index (χ4n) is 1.56. The molecule has 1 unspecified atom stereocenters. The van der Waals surface area contributed by atoms with Crippen LogP contribution in [0.1, 0.15) is 39.3 Å². The molecule has 1 aromatic carbocycles. The molecule has 0 aliphatic rings. The van der Waals surface area contributed by atoms with Gasteiger partial charge >= 0.3 is 6.03 Å². The summed E-state index contributed by atoms with van der Waals surface area (Å²) in [6, 6.07) is 7.23. The lowest BCUT2D eigenvalue weighted by Crippen LogP contribution is -2.47. The van der Waals surface area contributed by atoms with Gasteiger partial charge in [0, 0.05) is 11.2 Å². The van der Waals surface area contributed by atoms with Crippen molar-refractivity contribution >= 4 is 11.7 Å². The molecular weight excluding hydrogens is 214 g/mol. The van der Waals surface area contributed by atoms with Gasteiger partial charge in [-0.05, 0) is 39.3 Å². The minimum Gasteiger partial charge on any atom is -0.398 e. The topological polar surface area (TPSA) is 67.2 Å². The summed E-state index contributed by atoms with van der Waals surface area (Å²) in [6.45, 7) is 7.73. The molecule has 0 aliphatic carbocycles. The highest BCUT2D eigenvalue weighted by Gasteiger charge is 2.16. The summed E-state index contributed by atoms with van der Waals surface area (Å²) < 4.78 is 0. The number of para-hydroxylation sites is 1. The average Bonchev–Trinajstić information content (AvgIpc) is 2.14. The number of hydrogen-bond donors (Lipinski definition) is 3. The highest BCUT2D eigenvalue weighted by molar-refractivity contribution is 5.75. The molecule has 0 aliphatic heterocycles. The van der Waals surface area contributed by atoms with Crippen molar-refractivity contribution in [1.82, 2.24) is 10.6 Å². The molecule has 0 spiro atoms. The van der Waals surface area contributed by atoms with E-state index in [2.05, 4.69) is 10.6 Å². The van der Waals surface area contributed by atoms with Crippen LogP contribution in [0.25, 0.3) is 0 Å². The highest BCUT2D eigenvalue weighted by Crippen LogP contribution is 2.19. The Bertz CT molecular complexity index is 396. The maximum absolute atomic E-state index is 11.7. The fourth-order valence-corrected chi connectivity index (χ4v) is 1.56. The molecule has 0 bridgehead atoms. The number of hydrogen-bond acceptors (Lipinski definition) is 2. The Balaban J connectivity index is 2.64. The summed E-state index contributed by atoms with van der Waals surface area (Å²) in [7, 11) is 0. The van der Waals surface area contributed by atoms with Crippen LogP contribution in [0.15, 0.2) is 24.3 Å². The first kappa shape index (κ1) is 13.4. The minimum atomic E-state index is -0.244. The lowest BCUT2D eigenvalue weighted by Gasteiger charge is -2.23. The zero-order valence-corrected chi connectivity index (χ0v) is 10.9. The quantitative estimate of drug-likeness (QED) is 0.689. The number of anilines is 1. The van der Waals surface area contributed by atoms with Crippen molar-refractivity contribution < 1.29 is 4.79 Å². The van der Waals surface area contributed by atoms with Crippen molar-refractivity contribution in [1.29, 1.82) is 0 Å². The molecule has 2 amide bonds. The van der Waals surface area contributed by atoms with Crippen molar-refractivity contribution in [3.05, 3.63) is 29.8 Å². The van der Waals surface area contributed by atoms with Crippen LogP contribution in [0.2, 0.25) is 0 Å². The number of rotatable bonds is 2. The van der Waals surface area contributed by atoms with Crippen molar-refractivity contribution in [3.63, 3.8) is 0 Å². The third-order valence-corrected chi connectivity index (χ3v) is 2.30. The smallest absolute Gasteiger partial charge is 0.315 e. The van der Waals surface area contributed by atoms with Crippen LogP contribution in [-0.2, 0) is 0 Å². The van der Waals surface area contributed by atoms with E-state index in [9.17, 15) is 4.79 Å². The summed E-state index contributed by atoms with van der Waals surface area (Å²) in [5.74, 6) is 0. The number of nitrogens with two attached hydrogens (primary N) is 1. The normalized spacial score (nSPS) is 12.9. The average molecular weight is 235 g/mol. The van der Waals surface area contributed by atoms with Gasteiger partial charge in [-0.15, -0.1) is 0 Å². The van der Waals surface area contributed by atoms with Crippen LogP contribution in [0.3, 0.4) is 0 Å². The van der Waals surface area contributed by atoms with Crippen molar-refractivity contribution in [2.24, 2.45) is 0 Å². The largest absolute Gasteiger partial charge is 0.398 e. The monoisotopic (exact) mass is 235 g/mol. The predicted molar refractivity (Wildman–Crippen MR) is 70.7 cm³/mol. The van der Waals surface area contributed by atoms with E-state index in [4.69, 9.17) is 5.73 Å². The van der Waals surface area contributed by atoms with Crippen LogP contribution >= 0.6 is 0 Å². The standard InChI is InChI=1S/C13H21N3O/c1-9(10-7-5-6-8-11(10)14)15-12(17)16-13(2,3)4/h5-9H,14H2,1-4H3,(H2,15,16,17). The van der Waals surface area contributed by atoms with Gasteiger partial charge in [0.15, 0.2) is 0 Å². The van der Waals surface area contributed by atoms with Gasteiger partial charge in [0.05, 0.1) is 6.04 Å². The molecule has 0 saturated heterocycles. The molecular formula is C13H21N3O. The maximum atomic E-state index is 11.7. The summed E-state index contributed by atoms with van der Waals surface area (Å²) in [4.78, 5) is 11.7. The second-order valence-corrected chi connectivity index (χ2v) is 5.20. The van der Waals surface area contributed by atoms with Gasteiger partial charge < -0.3 is 16.4 Å². The zero-order valence-electron chi connectivity index (χ0n) is 10.9. The SMILES string of the molecule is CC(NC(=O)NC(C)(C)C)c1ccccc1N. The van der Waals surface area contributed by atoms with E-state index in [1.165, 1.54) is 0 Å². The molecule has 1 atom stereocenters. The first-order chi connectivity index (χ1) is 7.79. The summed E-state index contributed by atoms with van der Waals surface area (Å²) in [5, 5.41) is 5.71. The summed E-state index contributed by atoms with van der Waals surface area (Å²) in [6.07, 6.45) is 0. The first-order valence-corrected chi connectivity index (χ1v) is 5.72. The molecule has 17 heavy (non-hydrogen) atoms. The predicted octanol–water partition coefficient (Wildman–Crippen LogP) is 2.43. The molecule has 0 aromatic heterocycles. The molecule has 1 rings (SSSR count). The van der Waals surface area contributed by atoms with Crippen LogP contribution in [0.5, 0.6) is 0 Å². The first-order valence-electron chi connectivity index (χ1n) is 5.72.